The number of aryl methyl sites for hydroxylation is 4. The van der Waals surface area contributed by atoms with Crippen molar-refractivity contribution in [2.24, 2.45) is 9.98 Å². The molecule has 0 radical (unpaired) electrons. The van der Waals surface area contributed by atoms with Gasteiger partial charge in [-0.05, 0) is 62.1 Å². The van der Waals surface area contributed by atoms with Crippen molar-refractivity contribution in [3.8, 4) is 0 Å². The molecule has 3 heteroatoms. The van der Waals surface area contributed by atoms with Gasteiger partial charge in [-0.1, -0.05) is 24.3 Å². The normalized spacial score (nSPS) is 10.5. The van der Waals surface area contributed by atoms with E-state index in [2.05, 4.69) is 74.1 Å². The molecule has 2 aromatic rings. The van der Waals surface area contributed by atoms with Gasteiger partial charge in [-0.25, -0.2) is 0 Å². The topological polar surface area (TPSA) is 24.7 Å². The van der Waals surface area contributed by atoms with Gasteiger partial charge in [0.25, 0.3) is 0 Å². The van der Waals surface area contributed by atoms with Crippen molar-refractivity contribution in [3.05, 3.63) is 66.1 Å². The Morgan fingerprint density at radius 3 is 1.41 bits per heavy atom. The van der Waals surface area contributed by atoms with Crippen LogP contribution < -0.4 is 0 Å². The molecule has 22 heavy (non-hydrogen) atoms. The maximum absolute atomic E-state index is 4.46. The molecule has 120 valence electrons. The monoisotopic (exact) mass is 337 g/mol. The predicted molar refractivity (Wildman–Crippen MR) is 94.6 cm³/mol. The summed E-state index contributed by atoms with van der Waals surface area (Å²) in [6, 6.07) is 12.5. The van der Waals surface area contributed by atoms with E-state index in [1.165, 1.54) is 22.3 Å². The van der Waals surface area contributed by atoms with Crippen LogP contribution in [-0.4, -0.2) is 12.4 Å². The molecule has 0 amide bonds. The van der Waals surface area contributed by atoms with Crippen molar-refractivity contribution in [2.45, 2.75) is 27.7 Å². The van der Waals surface area contributed by atoms with E-state index in [4.69, 9.17) is 0 Å². The van der Waals surface area contributed by atoms with Crippen LogP contribution in [0.15, 0.2) is 46.4 Å². The molecule has 0 bridgehead atoms. The summed E-state index contributed by atoms with van der Waals surface area (Å²) < 4.78 is 0. The molecular formula is C19H23N2Ni-. The van der Waals surface area contributed by atoms with E-state index < -0.39 is 0 Å². The van der Waals surface area contributed by atoms with Crippen molar-refractivity contribution >= 4 is 23.8 Å². The van der Waals surface area contributed by atoms with Crippen LogP contribution in [0, 0.1) is 35.1 Å². The first kappa shape index (κ1) is 20.3. The minimum absolute atomic E-state index is 0. The van der Waals surface area contributed by atoms with Gasteiger partial charge in [0.1, 0.15) is 0 Å². The number of hydrogen-bond acceptors (Lipinski definition) is 2. The Morgan fingerprint density at radius 2 is 1.05 bits per heavy atom. The molecule has 0 saturated heterocycles. The average Bonchev–Trinajstić information content (AvgIpc) is 2.42. The van der Waals surface area contributed by atoms with Gasteiger partial charge in [0.15, 0.2) is 0 Å². The van der Waals surface area contributed by atoms with Gasteiger partial charge in [-0.3, -0.25) is 9.98 Å². The fourth-order valence-corrected chi connectivity index (χ4v) is 1.94. The summed E-state index contributed by atoms with van der Waals surface area (Å²) in [5.41, 5.74) is 6.78. The van der Waals surface area contributed by atoms with Crippen LogP contribution in [0.5, 0.6) is 0 Å². The number of hydrogen-bond donors (Lipinski definition) is 0. The summed E-state index contributed by atoms with van der Waals surface area (Å²) in [7, 11) is 0. The molecular weight excluding hydrogens is 315 g/mol. The van der Waals surface area contributed by atoms with Crippen molar-refractivity contribution in [1.29, 1.82) is 0 Å². The van der Waals surface area contributed by atoms with E-state index in [1.54, 1.807) is 12.4 Å². The summed E-state index contributed by atoms with van der Waals surface area (Å²) in [6.07, 6.45) is 3.51. The zero-order chi connectivity index (χ0) is 14.5. The molecule has 0 unspecified atom stereocenters. The summed E-state index contributed by atoms with van der Waals surface area (Å²) in [5, 5.41) is 0. The second-order valence-corrected chi connectivity index (χ2v) is 5.14. The van der Waals surface area contributed by atoms with Crippen molar-refractivity contribution in [1.82, 2.24) is 0 Å². The first-order valence-electron chi connectivity index (χ1n) is 6.77. The molecule has 0 heterocycles. The van der Waals surface area contributed by atoms with Crippen molar-refractivity contribution in [3.63, 3.8) is 0 Å². The largest absolute Gasteiger partial charge is 0.358 e. The van der Waals surface area contributed by atoms with Gasteiger partial charge in [-0.2, -0.15) is 0 Å². The van der Waals surface area contributed by atoms with E-state index in [-0.39, 0.29) is 23.9 Å². The number of rotatable bonds is 3. The van der Waals surface area contributed by atoms with E-state index in [0.717, 1.165) is 11.4 Å². The molecule has 2 rings (SSSR count). The third-order valence-corrected chi connectivity index (χ3v) is 3.22. The van der Waals surface area contributed by atoms with E-state index in [9.17, 15) is 0 Å². The quantitative estimate of drug-likeness (QED) is 0.403. The van der Waals surface area contributed by atoms with Crippen LogP contribution in [0.3, 0.4) is 0 Å². The van der Waals surface area contributed by atoms with Gasteiger partial charge in [0, 0.05) is 28.9 Å². The minimum atomic E-state index is 0. The van der Waals surface area contributed by atoms with Crippen molar-refractivity contribution in [2.75, 3.05) is 0 Å². The molecule has 0 fully saturated rings. The Hall–Kier alpha value is -1.73. The Balaban J connectivity index is 0.00000220. The number of benzene rings is 2. The summed E-state index contributed by atoms with van der Waals surface area (Å²) in [6.45, 7) is 8.27. The Kier molecular flexibility index (Phi) is 8.59. The van der Waals surface area contributed by atoms with Crippen LogP contribution in [0.1, 0.15) is 22.3 Å². The van der Waals surface area contributed by atoms with Gasteiger partial charge >= 0.3 is 0 Å². The molecule has 0 aliphatic carbocycles. The first-order chi connectivity index (χ1) is 9.56. The van der Waals surface area contributed by atoms with E-state index >= 15 is 0 Å². The number of nitrogens with zero attached hydrogens (tertiary/aromatic N) is 2. The summed E-state index contributed by atoms with van der Waals surface area (Å²) in [4.78, 5) is 8.92. The smallest absolute Gasteiger partial charge is 0.0662 e. The molecule has 2 nitrogen and oxygen atoms in total. The Morgan fingerprint density at radius 1 is 0.682 bits per heavy atom. The second kappa shape index (κ2) is 9.32. The third-order valence-electron chi connectivity index (χ3n) is 3.22. The predicted octanol–water partition coefficient (Wildman–Crippen LogP) is 5.47. The van der Waals surface area contributed by atoms with E-state index in [0.29, 0.717) is 0 Å². The fourth-order valence-electron chi connectivity index (χ4n) is 1.94. The van der Waals surface area contributed by atoms with Crippen LogP contribution in [0.4, 0.5) is 11.4 Å². The maximum atomic E-state index is 4.46. The minimum Gasteiger partial charge on any atom is -0.358 e. The molecule has 0 atom stereocenters. The van der Waals surface area contributed by atoms with Crippen LogP contribution in [0.25, 0.3) is 0 Å². The van der Waals surface area contributed by atoms with Crippen LogP contribution >= 0.6 is 0 Å². The first-order valence-corrected chi connectivity index (χ1v) is 6.77. The second-order valence-electron chi connectivity index (χ2n) is 5.14. The molecule has 0 saturated carbocycles. The van der Waals surface area contributed by atoms with Gasteiger partial charge in [0.2, 0.25) is 0 Å². The Labute approximate surface area is 144 Å². The third kappa shape index (κ3) is 5.57. The molecule has 0 aliphatic rings. The summed E-state index contributed by atoms with van der Waals surface area (Å²) in [5.74, 6) is 0. The van der Waals surface area contributed by atoms with Gasteiger partial charge < -0.3 is 7.43 Å². The molecule has 0 spiro atoms. The van der Waals surface area contributed by atoms with Crippen LogP contribution in [-0.2, 0) is 16.5 Å². The molecule has 2 aromatic carbocycles. The zero-order valence-electron chi connectivity index (χ0n) is 13.8. The van der Waals surface area contributed by atoms with Gasteiger partial charge in [-0.15, -0.1) is 0 Å². The SMILES string of the molecule is Cc1ccc(C)c(N=CC=Nc2cc(C)ccc2C)c1.[CH3-].[Ni]. The number of aliphatic imine (C=N–C) groups is 2. The van der Waals surface area contributed by atoms with Crippen LogP contribution in [0.2, 0.25) is 0 Å². The van der Waals surface area contributed by atoms with Gasteiger partial charge in [0.05, 0.1) is 11.4 Å². The molecule has 0 N–H and O–H groups in total. The molecule has 0 aromatic heterocycles. The Bertz CT molecular complexity index is 614. The van der Waals surface area contributed by atoms with E-state index in [1.807, 2.05) is 0 Å². The standard InChI is InChI=1S/C18H20N2.CH3.Ni/c1-13-5-7-15(3)17(11-13)19-9-10-20-18-12-14(2)6-8-16(18)4;;/h5-12H,1-4H3;1H3;/q;-1;. The molecule has 0 aliphatic heterocycles. The fraction of sp³-hybridized carbons (Fsp3) is 0.211. The van der Waals surface area contributed by atoms with Crippen molar-refractivity contribution < 1.29 is 16.5 Å². The maximum Gasteiger partial charge on any atom is 0.0662 e. The zero-order valence-corrected chi connectivity index (χ0v) is 14.8. The average molecular weight is 338 g/mol. The summed E-state index contributed by atoms with van der Waals surface area (Å²) >= 11 is 0.